The van der Waals surface area contributed by atoms with Crippen LogP contribution in [0.15, 0.2) is 47.1 Å². The van der Waals surface area contributed by atoms with Crippen LogP contribution in [0.3, 0.4) is 0 Å². The molecule has 0 aliphatic carbocycles. The van der Waals surface area contributed by atoms with Crippen LogP contribution < -0.4 is 16.0 Å². The van der Waals surface area contributed by atoms with Gasteiger partial charge >= 0.3 is 6.09 Å². The van der Waals surface area contributed by atoms with Crippen molar-refractivity contribution in [3.63, 3.8) is 0 Å². The largest absolute Gasteiger partial charge is 0.459 e. The van der Waals surface area contributed by atoms with Gasteiger partial charge in [-0.1, -0.05) is 18.2 Å². The van der Waals surface area contributed by atoms with Crippen molar-refractivity contribution in [3.05, 3.63) is 54.0 Å². The topological polar surface area (TPSA) is 110 Å². The van der Waals surface area contributed by atoms with E-state index in [4.69, 9.17) is 9.15 Å². The molecule has 0 spiro atoms. The first kappa shape index (κ1) is 20.0. The number of hydrogen-bond acceptors (Lipinski definition) is 5. The third-order valence-corrected chi connectivity index (χ3v) is 3.28. The smallest absolute Gasteiger partial charge is 0.408 e. The molecule has 1 aromatic heterocycles. The molecular formula is C19H23N3O5. The van der Waals surface area contributed by atoms with Crippen LogP contribution in [-0.4, -0.2) is 30.1 Å². The molecule has 0 aliphatic heterocycles. The fourth-order valence-corrected chi connectivity index (χ4v) is 2.11. The molecule has 144 valence electrons. The Hall–Kier alpha value is -3.29. The van der Waals surface area contributed by atoms with Gasteiger partial charge in [-0.3, -0.25) is 9.59 Å². The third-order valence-electron chi connectivity index (χ3n) is 3.28. The van der Waals surface area contributed by atoms with Gasteiger partial charge in [0.25, 0.3) is 5.91 Å². The van der Waals surface area contributed by atoms with Crippen molar-refractivity contribution < 1.29 is 23.5 Å². The van der Waals surface area contributed by atoms with E-state index in [2.05, 4.69) is 16.0 Å². The summed E-state index contributed by atoms with van der Waals surface area (Å²) in [5.41, 5.74) is 0.633. The number of nitrogens with one attached hydrogen (secondary N) is 3. The van der Waals surface area contributed by atoms with Crippen molar-refractivity contribution in [1.29, 1.82) is 0 Å². The Bertz CT molecular complexity index is 794. The Morgan fingerprint density at radius 3 is 2.44 bits per heavy atom. The number of amides is 3. The van der Waals surface area contributed by atoms with Gasteiger partial charge in [0.05, 0.1) is 6.26 Å². The van der Waals surface area contributed by atoms with Crippen LogP contribution in [0.1, 0.15) is 36.9 Å². The van der Waals surface area contributed by atoms with Gasteiger partial charge in [0.15, 0.2) is 5.76 Å². The van der Waals surface area contributed by atoms with Crippen LogP contribution >= 0.6 is 0 Å². The zero-order chi connectivity index (χ0) is 19.9. The number of ether oxygens (including phenoxy) is 1. The first-order chi connectivity index (χ1) is 12.7. The Balaban J connectivity index is 1.86. The predicted octanol–water partition coefficient (Wildman–Crippen LogP) is 2.67. The lowest BCUT2D eigenvalue weighted by Crippen LogP contribution is -2.39. The number of furan rings is 1. The first-order valence-corrected chi connectivity index (χ1v) is 8.41. The minimum absolute atomic E-state index is 0.184. The van der Waals surface area contributed by atoms with Crippen molar-refractivity contribution in [1.82, 2.24) is 10.6 Å². The second-order valence-electron chi connectivity index (χ2n) is 6.72. The Morgan fingerprint density at radius 1 is 1.04 bits per heavy atom. The number of alkyl carbamates (subject to hydrolysis) is 1. The average Bonchev–Trinajstić information content (AvgIpc) is 3.12. The third kappa shape index (κ3) is 6.85. The van der Waals surface area contributed by atoms with Crippen LogP contribution in [0.4, 0.5) is 10.5 Å². The lowest BCUT2D eigenvalue weighted by molar-refractivity contribution is -0.120. The molecule has 1 aromatic carbocycles. The molecule has 0 fully saturated rings. The molecule has 27 heavy (non-hydrogen) atoms. The van der Waals surface area contributed by atoms with Crippen molar-refractivity contribution in [3.8, 4) is 0 Å². The monoisotopic (exact) mass is 373 g/mol. The molecule has 0 unspecified atom stereocenters. The normalized spacial score (nSPS) is 10.8. The molecule has 0 bridgehead atoms. The van der Waals surface area contributed by atoms with Gasteiger partial charge in [-0.05, 0) is 44.5 Å². The summed E-state index contributed by atoms with van der Waals surface area (Å²) in [4.78, 5) is 35.6. The number of carbonyl (C=O) groups is 3. The van der Waals surface area contributed by atoms with Crippen LogP contribution in [0.2, 0.25) is 0 Å². The molecule has 0 radical (unpaired) electrons. The van der Waals surface area contributed by atoms with E-state index in [0.717, 1.165) is 0 Å². The Labute approximate surface area is 157 Å². The van der Waals surface area contributed by atoms with Crippen molar-refractivity contribution in [2.45, 2.75) is 32.9 Å². The van der Waals surface area contributed by atoms with Crippen molar-refractivity contribution in [2.24, 2.45) is 0 Å². The number of hydrogen-bond donors (Lipinski definition) is 3. The first-order valence-electron chi connectivity index (χ1n) is 8.41. The molecule has 0 aliphatic rings. The van der Waals surface area contributed by atoms with Gasteiger partial charge in [-0.2, -0.15) is 0 Å². The SMILES string of the molecule is CC(C)(C)OC(=O)NCC(=O)NCc1ccccc1NC(=O)c1ccco1. The molecule has 2 aromatic rings. The lowest BCUT2D eigenvalue weighted by Gasteiger charge is -2.19. The van der Waals surface area contributed by atoms with Gasteiger partial charge in [0.2, 0.25) is 5.91 Å². The van der Waals surface area contributed by atoms with E-state index in [1.54, 1.807) is 57.2 Å². The number of carbonyl (C=O) groups excluding carboxylic acids is 3. The summed E-state index contributed by atoms with van der Waals surface area (Å²) in [5.74, 6) is -0.575. The molecule has 8 nitrogen and oxygen atoms in total. The maximum Gasteiger partial charge on any atom is 0.408 e. The molecule has 1 heterocycles. The molecular weight excluding hydrogens is 350 g/mol. The van der Waals surface area contributed by atoms with Crippen LogP contribution in [0.25, 0.3) is 0 Å². The number of benzene rings is 1. The predicted molar refractivity (Wildman–Crippen MR) is 99.2 cm³/mol. The van der Waals surface area contributed by atoms with Gasteiger partial charge in [0.1, 0.15) is 12.1 Å². The minimum Gasteiger partial charge on any atom is -0.459 e. The van der Waals surface area contributed by atoms with E-state index in [1.165, 1.54) is 6.26 Å². The van der Waals surface area contributed by atoms with Crippen LogP contribution in [-0.2, 0) is 16.1 Å². The molecule has 3 N–H and O–H groups in total. The Kier molecular flexibility index (Phi) is 6.59. The lowest BCUT2D eigenvalue weighted by atomic mass is 10.1. The number of rotatable bonds is 6. The molecule has 0 saturated carbocycles. The van der Waals surface area contributed by atoms with Crippen LogP contribution in [0.5, 0.6) is 0 Å². The van der Waals surface area contributed by atoms with E-state index in [-0.39, 0.29) is 30.7 Å². The summed E-state index contributed by atoms with van der Waals surface area (Å²) in [5, 5.41) is 7.81. The van der Waals surface area contributed by atoms with E-state index < -0.39 is 11.7 Å². The molecule has 8 heteroatoms. The van der Waals surface area contributed by atoms with E-state index in [9.17, 15) is 14.4 Å². The zero-order valence-electron chi connectivity index (χ0n) is 15.5. The summed E-state index contributed by atoms with van der Waals surface area (Å²) in [6, 6.07) is 10.2. The average molecular weight is 373 g/mol. The van der Waals surface area contributed by atoms with Gasteiger partial charge in [-0.15, -0.1) is 0 Å². The number of anilines is 1. The van der Waals surface area contributed by atoms with E-state index >= 15 is 0 Å². The summed E-state index contributed by atoms with van der Waals surface area (Å²) >= 11 is 0. The summed E-state index contributed by atoms with van der Waals surface area (Å²) < 4.78 is 10.1. The summed E-state index contributed by atoms with van der Waals surface area (Å²) in [6.45, 7) is 5.18. The van der Waals surface area contributed by atoms with E-state index in [1.807, 2.05) is 0 Å². The van der Waals surface area contributed by atoms with Gasteiger partial charge in [0, 0.05) is 12.2 Å². The molecule has 3 amide bonds. The number of para-hydroxylation sites is 1. The van der Waals surface area contributed by atoms with Gasteiger partial charge < -0.3 is 25.1 Å². The second kappa shape index (κ2) is 8.88. The van der Waals surface area contributed by atoms with Crippen LogP contribution in [0, 0.1) is 0 Å². The maximum atomic E-state index is 12.1. The zero-order valence-corrected chi connectivity index (χ0v) is 15.5. The van der Waals surface area contributed by atoms with Crippen molar-refractivity contribution >= 4 is 23.6 Å². The minimum atomic E-state index is -0.663. The molecule has 2 rings (SSSR count). The fourth-order valence-electron chi connectivity index (χ4n) is 2.11. The van der Waals surface area contributed by atoms with Crippen molar-refractivity contribution in [2.75, 3.05) is 11.9 Å². The summed E-state index contributed by atoms with van der Waals surface area (Å²) in [7, 11) is 0. The Morgan fingerprint density at radius 2 is 1.78 bits per heavy atom. The van der Waals surface area contributed by atoms with E-state index in [0.29, 0.717) is 11.3 Å². The molecule has 0 atom stereocenters. The molecule has 0 saturated heterocycles. The highest BCUT2D eigenvalue weighted by atomic mass is 16.6. The maximum absolute atomic E-state index is 12.1. The summed E-state index contributed by atoms with van der Waals surface area (Å²) in [6.07, 6.45) is 0.752. The second-order valence-corrected chi connectivity index (χ2v) is 6.72. The standard InChI is InChI=1S/C19H23N3O5/c1-19(2,3)27-18(25)21-12-16(23)20-11-13-7-4-5-8-14(13)22-17(24)15-9-6-10-26-15/h4-10H,11-12H2,1-3H3,(H,20,23)(H,21,25)(H,22,24). The van der Waals surface area contributed by atoms with Gasteiger partial charge in [-0.25, -0.2) is 4.79 Å². The fraction of sp³-hybridized carbons (Fsp3) is 0.316. The highest BCUT2D eigenvalue weighted by molar-refractivity contribution is 6.02. The highest BCUT2D eigenvalue weighted by Gasteiger charge is 2.17. The highest BCUT2D eigenvalue weighted by Crippen LogP contribution is 2.16. The quantitative estimate of drug-likeness (QED) is 0.721.